The lowest BCUT2D eigenvalue weighted by molar-refractivity contribution is -0.177. The van der Waals surface area contributed by atoms with Crippen LogP contribution in [0.4, 0.5) is 10.1 Å². The number of nitrogens with zero attached hydrogens (tertiary/aromatic N) is 5. The number of hydrogen-bond donors (Lipinski definition) is 3. The number of anilines is 1. The molecule has 192 valence electrons. The number of benzene rings is 2. The average Bonchev–Trinajstić information content (AvgIpc) is 3.37. The van der Waals surface area contributed by atoms with E-state index in [1.165, 1.54) is 16.8 Å². The molecule has 4 rings (SSSR count). The van der Waals surface area contributed by atoms with Gasteiger partial charge in [-0.15, -0.1) is 5.10 Å². The summed E-state index contributed by atoms with van der Waals surface area (Å²) < 4.78 is 20.8. The van der Waals surface area contributed by atoms with Crippen LogP contribution >= 0.6 is 0 Å². The molecule has 1 aliphatic heterocycles. The number of halogens is 1. The molecule has 2 aromatic carbocycles. The van der Waals surface area contributed by atoms with Gasteiger partial charge in [0.15, 0.2) is 0 Å². The van der Waals surface area contributed by atoms with E-state index in [2.05, 4.69) is 10.3 Å². The SMILES string of the molecule is CN(CCN(C)c1ccc(O)cc1)C(=O)[C@H]1C[C@@H](n2cc(-c3cccc(F)c3)nn2)[C@@H](O)[C@@H](CO)O1. The smallest absolute Gasteiger partial charge is 0.251 e. The number of hydrogen-bond acceptors (Lipinski definition) is 8. The highest BCUT2D eigenvalue weighted by atomic mass is 19.1. The number of likely N-dealkylation sites (N-methyl/N-ethyl adjacent to an activating group) is 2. The molecule has 10 nitrogen and oxygen atoms in total. The quantitative estimate of drug-likeness (QED) is 0.425. The summed E-state index contributed by atoms with van der Waals surface area (Å²) in [5.74, 6) is -0.507. The van der Waals surface area contributed by atoms with E-state index >= 15 is 0 Å². The van der Waals surface area contributed by atoms with Gasteiger partial charge in [-0.25, -0.2) is 9.07 Å². The molecule has 0 aliphatic carbocycles. The molecule has 1 amide bonds. The van der Waals surface area contributed by atoms with E-state index in [9.17, 15) is 24.5 Å². The van der Waals surface area contributed by atoms with Gasteiger partial charge in [-0.2, -0.15) is 0 Å². The van der Waals surface area contributed by atoms with Gasteiger partial charge in [0.1, 0.15) is 35.6 Å². The van der Waals surface area contributed by atoms with Crippen LogP contribution in [-0.2, 0) is 9.53 Å². The number of aliphatic hydroxyl groups excluding tert-OH is 2. The Morgan fingerprint density at radius 1 is 1.19 bits per heavy atom. The zero-order valence-electron chi connectivity index (χ0n) is 20.1. The number of phenols is 1. The summed E-state index contributed by atoms with van der Waals surface area (Å²) in [6, 6.07) is 12.0. The Labute approximate surface area is 208 Å². The van der Waals surface area contributed by atoms with Crippen LogP contribution in [0.1, 0.15) is 12.5 Å². The van der Waals surface area contributed by atoms with Gasteiger partial charge < -0.3 is 29.9 Å². The summed E-state index contributed by atoms with van der Waals surface area (Å²) in [6.07, 6.45) is -1.29. The van der Waals surface area contributed by atoms with E-state index in [-0.39, 0.29) is 18.1 Å². The van der Waals surface area contributed by atoms with Crippen LogP contribution in [0.2, 0.25) is 0 Å². The average molecular weight is 500 g/mol. The first-order chi connectivity index (χ1) is 17.3. The number of aromatic nitrogens is 3. The van der Waals surface area contributed by atoms with Gasteiger partial charge >= 0.3 is 0 Å². The summed E-state index contributed by atoms with van der Waals surface area (Å²) in [4.78, 5) is 16.7. The Morgan fingerprint density at radius 3 is 2.64 bits per heavy atom. The Morgan fingerprint density at radius 2 is 1.94 bits per heavy atom. The van der Waals surface area contributed by atoms with Crippen LogP contribution in [0.15, 0.2) is 54.7 Å². The van der Waals surface area contributed by atoms with Gasteiger partial charge in [0, 0.05) is 44.9 Å². The van der Waals surface area contributed by atoms with Gasteiger partial charge in [0.25, 0.3) is 5.91 Å². The van der Waals surface area contributed by atoms with Crippen LogP contribution in [0.25, 0.3) is 11.3 Å². The molecule has 0 unspecified atom stereocenters. The number of carbonyl (C=O) groups is 1. The van der Waals surface area contributed by atoms with Crippen LogP contribution in [0.5, 0.6) is 5.75 Å². The van der Waals surface area contributed by atoms with E-state index in [4.69, 9.17) is 4.74 Å². The molecule has 11 heteroatoms. The van der Waals surface area contributed by atoms with Crippen molar-refractivity contribution >= 4 is 11.6 Å². The van der Waals surface area contributed by atoms with Gasteiger partial charge in [0.2, 0.25) is 0 Å². The molecule has 0 bridgehead atoms. The fourth-order valence-corrected chi connectivity index (χ4v) is 4.24. The molecule has 4 atom stereocenters. The minimum absolute atomic E-state index is 0.126. The van der Waals surface area contributed by atoms with Crippen molar-refractivity contribution in [1.29, 1.82) is 0 Å². The maximum atomic E-state index is 13.6. The largest absolute Gasteiger partial charge is 0.508 e. The molecule has 3 N–H and O–H groups in total. The molecular weight excluding hydrogens is 469 g/mol. The van der Waals surface area contributed by atoms with Crippen molar-refractivity contribution in [1.82, 2.24) is 19.9 Å². The normalized spacial score (nSPS) is 21.8. The highest BCUT2D eigenvalue weighted by Gasteiger charge is 2.42. The van der Waals surface area contributed by atoms with Crippen molar-refractivity contribution in [2.24, 2.45) is 0 Å². The van der Waals surface area contributed by atoms with Gasteiger partial charge in [0.05, 0.1) is 18.8 Å². The predicted octanol–water partition coefficient (Wildman–Crippen LogP) is 1.44. The van der Waals surface area contributed by atoms with Gasteiger partial charge in [-0.1, -0.05) is 17.3 Å². The molecule has 1 fully saturated rings. The first-order valence-corrected chi connectivity index (χ1v) is 11.6. The maximum Gasteiger partial charge on any atom is 0.251 e. The molecule has 0 radical (unpaired) electrons. The molecule has 1 saturated heterocycles. The summed E-state index contributed by atoms with van der Waals surface area (Å²) in [5.41, 5.74) is 1.85. The minimum Gasteiger partial charge on any atom is -0.508 e. The fraction of sp³-hybridized carbons (Fsp3) is 0.400. The number of amides is 1. The lowest BCUT2D eigenvalue weighted by Gasteiger charge is -2.39. The van der Waals surface area contributed by atoms with Crippen molar-refractivity contribution in [3.05, 3.63) is 60.5 Å². The highest BCUT2D eigenvalue weighted by Crippen LogP contribution is 2.31. The molecule has 0 saturated carbocycles. The molecule has 3 aromatic rings. The van der Waals surface area contributed by atoms with Crippen LogP contribution in [0, 0.1) is 5.82 Å². The number of rotatable bonds is 8. The second-order valence-corrected chi connectivity index (χ2v) is 8.93. The molecular formula is C25H30FN5O5. The van der Waals surface area contributed by atoms with Crippen molar-refractivity contribution in [2.75, 3.05) is 38.7 Å². The Balaban J connectivity index is 1.44. The number of ether oxygens (including phenoxy) is 1. The van der Waals surface area contributed by atoms with E-state index in [1.54, 1.807) is 54.5 Å². The predicted molar refractivity (Wildman–Crippen MR) is 130 cm³/mol. The van der Waals surface area contributed by atoms with Gasteiger partial charge in [-0.05, 0) is 36.4 Å². The highest BCUT2D eigenvalue weighted by molar-refractivity contribution is 5.81. The van der Waals surface area contributed by atoms with E-state index in [1.807, 2.05) is 11.9 Å². The second-order valence-electron chi connectivity index (χ2n) is 8.93. The first kappa shape index (κ1) is 25.5. The summed E-state index contributed by atoms with van der Waals surface area (Å²) >= 11 is 0. The topological polar surface area (TPSA) is 124 Å². The number of carbonyl (C=O) groups excluding carboxylic acids is 1. The zero-order chi connectivity index (χ0) is 25.8. The zero-order valence-corrected chi connectivity index (χ0v) is 20.1. The van der Waals surface area contributed by atoms with Crippen LogP contribution in [-0.4, -0.2) is 93.2 Å². The minimum atomic E-state index is -1.12. The van der Waals surface area contributed by atoms with Crippen molar-refractivity contribution < 1.29 is 29.2 Å². The number of phenolic OH excluding ortho intramolecular Hbond substituents is 1. The molecule has 1 aromatic heterocycles. The Hall–Kier alpha value is -3.54. The third kappa shape index (κ3) is 5.64. The van der Waals surface area contributed by atoms with Crippen molar-refractivity contribution in [3.63, 3.8) is 0 Å². The van der Waals surface area contributed by atoms with Crippen LogP contribution in [0.3, 0.4) is 0 Å². The molecule has 36 heavy (non-hydrogen) atoms. The summed E-state index contributed by atoms with van der Waals surface area (Å²) in [7, 11) is 3.55. The van der Waals surface area contributed by atoms with Crippen molar-refractivity contribution in [2.45, 2.75) is 30.8 Å². The lowest BCUT2D eigenvalue weighted by atomic mass is 9.95. The Bertz CT molecular complexity index is 1170. The number of aromatic hydroxyl groups is 1. The second kappa shape index (κ2) is 11.0. The lowest BCUT2D eigenvalue weighted by Crippen LogP contribution is -2.53. The number of aliphatic hydroxyl groups is 2. The Kier molecular flexibility index (Phi) is 7.82. The summed E-state index contributed by atoms with van der Waals surface area (Å²) in [6.45, 7) is 0.468. The summed E-state index contributed by atoms with van der Waals surface area (Å²) in [5, 5.41) is 38.2. The molecule has 2 heterocycles. The third-order valence-corrected chi connectivity index (χ3v) is 6.43. The monoisotopic (exact) mass is 499 g/mol. The van der Waals surface area contributed by atoms with Gasteiger partial charge in [-0.3, -0.25) is 4.79 Å². The maximum absolute atomic E-state index is 13.6. The van der Waals surface area contributed by atoms with E-state index in [0.29, 0.717) is 24.3 Å². The first-order valence-electron chi connectivity index (χ1n) is 11.6. The van der Waals surface area contributed by atoms with Crippen LogP contribution < -0.4 is 4.90 Å². The van der Waals surface area contributed by atoms with E-state index in [0.717, 1.165) is 5.69 Å². The molecule has 0 spiro atoms. The molecule has 1 aliphatic rings. The van der Waals surface area contributed by atoms with Crippen molar-refractivity contribution in [3.8, 4) is 17.0 Å². The standard InChI is InChI=1S/C25H30FN5O5/c1-29(18-6-8-19(33)9-7-18)10-11-30(2)25(35)22-13-21(24(34)23(15-32)36-22)31-14-20(27-28-31)16-4-3-5-17(26)12-16/h3-9,12,14,21-24,32-34H,10-11,13,15H2,1-2H3/t21-,22-,23-,24-/m1/s1. The fourth-order valence-electron chi connectivity index (χ4n) is 4.24. The van der Waals surface area contributed by atoms with E-state index < -0.39 is 36.8 Å². The third-order valence-electron chi connectivity index (χ3n) is 6.43.